The summed E-state index contributed by atoms with van der Waals surface area (Å²) in [4.78, 5) is 13.8. The molecule has 2 aromatic rings. The summed E-state index contributed by atoms with van der Waals surface area (Å²) >= 11 is 3.61. The Morgan fingerprint density at radius 3 is 2.62 bits per heavy atom. The fourth-order valence-corrected chi connectivity index (χ4v) is 2.72. The van der Waals surface area contributed by atoms with Gasteiger partial charge < -0.3 is 5.32 Å². The topological polar surface area (TPSA) is 50.7 Å². The summed E-state index contributed by atoms with van der Waals surface area (Å²) in [5.74, 6) is 1.55. The van der Waals surface area contributed by atoms with Crippen LogP contribution < -0.4 is 5.32 Å². The third-order valence-electron chi connectivity index (χ3n) is 3.28. The van der Waals surface area contributed by atoms with Gasteiger partial charge in [0.15, 0.2) is 5.82 Å². The molecule has 1 N–H and O–H groups in total. The molecule has 0 unspecified atom stereocenters. The quantitative estimate of drug-likeness (QED) is 0.847. The zero-order valence-electron chi connectivity index (χ0n) is 12.8. The number of nitrogens with zero attached hydrogens (tertiary/aromatic N) is 3. The first-order valence-electron chi connectivity index (χ1n) is 7.45. The number of hydrogen-bond donors (Lipinski definition) is 1. The van der Waals surface area contributed by atoms with Gasteiger partial charge in [0.05, 0.1) is 10.2 Å². The Hall–Kier alpha value is -1.49. The Balaban J connectivity index is 2.53. The lowest BCUT2D eigenvalue weighted by atomic mass is 10.1. The molecule has 112 valence electrons. The summed E-state index contributed by atoms with van der Waals surface area (Å²) in [6.07, 6.45) is 4.62. The second-order valence-electron chi connectivity index (χ2n) is 4.80. The normalized spacial score (nSPS) is 10.7. The Morgan fingerprint density at radius 1 is 1.14 bits per heavy atom. The van der Waals surface area contributed by atoms with Crippen LogP contribution >= 0.6 is 15.9 Å². The first kappa shape index (κ1) is 15.9. The van der Waals surface area contributed by atoms with Crippen molar-refractivity contribution in [3.8, 4) is 11.5 Å². The number of aryl methyl sites for hydroxylation is 2. The van der Waals surface area contributed by atoms with E-state index in [2.05, 4.69) is 63.0 Å². The highest BCUT2D eigenvalue weighted by molar-refractivity contribution is 9.10. The van der Waals surface area contributed by atoms with Gasteiger partial charge >= 0.3 is 0 Å². The summed E-state index contributed by atoms with van der Waals surface area (Å²) in [6, 6.07) is 4.04. The fourth-order valence-electron chi connectivity index (χ4n) is 2.12. The van der Waals surface area contributed by atoms with E-state index in [1.807, 2.05) is 6.07 Å². The standard InChI is InChI=1S/C16H21BrN4/c1-4-9-19-15-13(17)12(6-3)20-16(21-15)14-11(5-2)8-7-10-18-14/h7-8,10H,4-6,9H2,1-3H3,(H,19,20,21). The SMILES string of the molecule is CCCNc1nc(-c2ncccc2CC)nc(CC)c1Br. The molecule has 0 saturated carbocycles. The van der Waals surface area contributed by atoms with Crippen molar-refractivity contribution in [2.75, 3.05) is 11.9 Å². The van der Waals surface area contributed by atoms with E-state index in [9.17, 15) is 0 Å². The molecule has 0 amide bonds. The van der Waals surface area contributed by atoms with Crippen LogP contribution in [0, 0.1) is 0 Å². The third kappa shape index (κ3) is 3.59. The maximum Gasteiger partial charge on any atom is 0.180 e. The lowest BCUT2D eigenvalue weighted by molar-refractivity contribution is 0.938. The second kappa shape index (κ2) is 7.50. The van der Waals surface area contributed by atoms with Crippen molar-refractivity contribution in [1.29, 1.82) is 0 Å². The summed E-state index contributed by atoms with van der Waals surface area (Å²) in [7, 11) is 0. The van der Waals surface area contributed by atoms with Gasteiger partial charge in [-0.1, -0.05) is 26.8 Å². The second-order valence-corrected chi connectivity index (χ2v) is 5.59. The van der Waals surface area contributed by atoms with E-state index in [4.69, 9.17) is 0 Å². The van der Waals surface area contributed by atoms with Gasteiger partial charge in [0, 0.05) is 12.7 Å². The van der Waals surface area contributed by atoms with E-state index >= 15 is 0 Å². The molecule has 0 spiro atoms. The maximum atomic E-state index is 4.68. The van der Waals surface area contributed by atoms with E-state index in [0.29, 0.717) is 5.82 Å². The smallest absolute Gasteiger partial charge is 0.180 e. The van der Waals surface area contributed by atoms with Crippen LogP contribution in [-0.4, -0.2) is 21.5 Å². The van der Waals surface area contributed by atoms with Gasteiger partial charge in [0.25, 0.3) is 0 Å². The Bertz CT molecular complexity index is 613. The number of rotatable bonds is 6. The number of nitrogens with one attached hydrogen (secondary N) is 1. The molecule has 0 aliphatic rings. The van der Waals surface area contributed by atoms with E-state index in [-0.39, 0.29) is 0 Å². The highest BCUT2D eigenvalue weighted by Crippen LogP contribution is 2.28. The summed E-state index contributed by atoms with van der Waals surface area (Å²) < 4.78 is 0.955. The molecule has 2 heterocycles. The number of halogens is 1. The Labute approximate surface area is 134 Å². The van der Waals surface area contributed by atoms with Crippen molar-refractivity contribution >= 4 is 21.7 Å². The van der Waals surface area contributed by atoms with Gasteiger partial charge in [-0.2, -0.15) is 0 Å². The highest BCUT2D eigenvalue weighted by atomic mass is 79.9. The molecular weight excluding hydrogens is 328 g/mol. The van der Waals surface area contributed by atoms with E-state index < -0.39 is 0 Å². The predicted octanol–water partition coefficient (Wildman–Crippen LogP) is 4.25. The van der Waals surface area contributed by atoms with Gasteiger partial charge in [-0.3, -0.25) is 4.98 Å². The van der Waals surface area contributed by atoms with Gasteiger partial charge in [0.2, 0.25) is 0 Å². The van der Waals surface area contributed by atoms with E-state index in [1.165, 1.54) is 5.56 Å². The number of hydrogen-bond acceptors (Lipinski definition) is 4. The molecule has 0 aromatic carbocycles. The maximum absolute atomic E-state index is 4.68. The van der Waals surface area contributed by atoms with E-state index in [0.717, 1.165) is 47.5 Å². The zero-order valence-corrected chi connectivity index (χ0v) is 14.4. The molecule has 5 heteroatoms. The number of aromatic nitrogens is 3. The molecule has 0 aliphatic heterocycles. The van der Waals surface area contributed by atoms with Crippen LogP contribution in [-0.2, 0) is 12.8 Å². The summed E-state index contributed by atoms with van der Waals surface area (Å²) in [6.45, 7) is 7.24. The van der Waals surface area contributed by atoms with Gasteiger partial charge in [-0.05, 0) is 46.8 Å². The summed E-state index contributed by atoms with van der Waals surface area (Å²) in [5.41, 5.74) is 3.05. The predicted molar refractivity (Wildman–Crippen MR) is 90.5 cm³/mol. The minimum atomic E-state index is 0.700. The molecule has 0 atom stereocenters. The zero-order chi connectivity index (χ0) is 15.2. The average molecular weight is 349 g/mol. The molecule has 0 fully saturated rings. The van der Waals surface area contributed by atoms with Crippen LogP contribution in [0.5, 0.6) is 0 Å². The third-order valence-corrected chi connectivity index (χ3v) is 4.11. The van der Waals surface area contributed by atoms with Crippen LogP contribution in [0.25, 0.3) is 11.5 Å². The minimum absolute atomic E-state index is 0.700. The van der Waals surface area contributed by atoms with Crippen molar-refractivity contribution in [3.63, 3.8) is 0 Å². The number of pyridine rings is 1. The molecule has 0 radical (unpaired) electrons. The van der Waals surface area contributed by atoms with Crippen molar-refractivity contribution in [3.05, 3.63) is 34.1 Å². The summed E-state index contributed by atoms with van der Waals surface area (Å²) in [5, 5.41) is 3.36. The molecule has 2 rings (SSSR count). The fraction of sp³-hybridized carbons (Fsp3) is 0.438. The first-order chi connectivity index (χ1) is 10.2. The lowest BCUT2D eigenvalue weighted by Gasteiger charge is -2.13. The average Bonchev–Trinajstić information content (AvgIpc) is 2.53. The minimum Gasteiger partial charge on any atom is -0.369 e. The Kier molecular flexibility index (Phi) is 5.67. The lowest BCUT2D eigenvalue weighted by Crippen LogP contribution is -2.08. The largest absolute Gasteiger partial charge is 0.369 e. The van der Waals surface area contributed by atoms with Crippen molar-refractivity contribution in [2.24, 2.45) is 0 Å². The van der Waals surface area contributed by atoms with Crippen LogP contribution in [0.2, 0.25) is 0 Å². The van der Waals surface area contributed by atoms with Crippen molar-refractivity contribution < 1.29 is 0 Å². The van der Waals surface area contributed by atoms with Crippen LogP contribution in [0.15, 0.2) is 22.8 Å². The molecule has 0 bridgehead atoms. The van der Waals surface area contributed by atoms with Gasteiger partial charge in [0.1, 0.15) is 11.5 Å². The van der Waals surface area contributed by atoms with Gasteiger partial charge in [-0.25, -0.2) is 9.97 Å². The van der Waals surface area contributed by atoms with Crippen LogP contribution in [0.4, 0.5) is 5.82 Å². The van der Waals surface area contributed by atoms with Crippen LogP contribution in [0.3, 0.4) is 0 Å². The highest BCUT2D eigenvalue weighted by Gasteiger charge is 2.14. The molecule has 0 aliphatic carbocycles. The van der Waals surface area contributed by atoms with E-state index in [1.54, 1.807) is 6.20 Å². The molecule has 4 nitrogen and oxygen atoms in total. The molecular formula is C16H21BrN4. The molecule has 2 aromatic heterocycles. The Morgan fingerprint density at radius 2 is 1.95 bits per heavy atom. The van der Waals surface area contributed by atoms with Gasteiger partial charge in [-0.15, -0.1) is 0 Å². The number of anilines is 1. The monoisotopic (exact) mass is 348 g/mol. The van der Waals surface area contributed by atoms with Crippen molar-refractivity contribution in [1.82, 2.24) is 15.0 Å². The first-order valence-corrected chi connectivity index (χ1v) is 8.25. The van der Waals surface area contributed by atoms with Crippen LogP contribution in [0.1, 0.15) is 38.4 Å². The molecule has 21 heavy (non-hydrogen) atoms. The van der Waals surface area contributed by atoms with Crippen molar-refractivity contribution in [2.45, 2.75) is 40.0 Å². The molecule has 0 saturated heterocycles.